The molecule has 18 heavy (non-hydrogen) atoms. The smallest absolute Gasteiger partial charge is 0.335 e. The zero-order valence-corrected chi connectivity index (χ0v) is 10.2. The van der Waals surface area contributed by atoms with Gasteiger partial charge >= 0.3 is 5.97 Å². The quantitative estimate of drug-likeness (QED) is 0.853. The third-order valence-corrected chi connectivity index (χ3v) is 2.72. The van der Waals surface area contributed by atoms with Crippen LogP contribution in [0.4, 0.5) is 5.69 Å². The van der Waals surface area contributed by atoms with Crippen LogP contribution in [-0.4, -0.2) is 25.8 Å². The summed E-state index contributed by atoms with van der Waals surface area (Å²) >= 11 is 0. The number of benzene rings is 1. The maximum Gasteiger partial charge on any atom is 0.335 e. The van der Waals surface area contributed by atoms with Gasteiger partial charge in [0.1, 0.15) is 6.33 Å². The fraction of sp³-hybridized carbons (Fsp3) is 0.250. The SMILES string of the molecule is Cc1cc(C(=O)O)ccc1NCc1nncn1C. The lowest BCUT2D eigenvalue weighted by Gasteiger charge is -2.09. The molecular weight excluding hydrogens is 232 g/mol. The van der Waals surface area contributed by atoms with Crippen molar-refractivity contribution in [1.29, 1.82) is 0 Å². The molecule has 0 spiro atoms. The van der Waals surface area contributed by atoms with Gasteiger partial charge in [-0.25, -0.2) is 4.79 Å². The molecular formula is C12H14N4O2. The second-order valence-electron chi connectivity index (χ2n) is 4.05. The third kappa shape index (κ3) is 2.48. The second-order valence-corrected chi connectivity index (χ2v) is 4.05. The molecule has 1 heterocycles. The van der Waals surface area contributed by atoms with Crippen molar-refractivity contribution in [3.8, 4) is 0 Å². The topological polar surface area (TPSA) is 80.0 Å². The fourth-order valence-corrected chi connectivity index (χ4v) is 1.64. The predicted molar refractivity (Wildman–Crippen MR) is 66.5 cm³/mol. The Labute approximate surface area is 104 Å². The Morgan fingerprint density at radius 2 is 2.28 bits per heavy atom. The minimum atomic E-state index is -0.919. The zero-order valence-electron chi connectivity index (χ0n) is 10.2. The summed E-state index contributed by atoms with van der Waals surface area (Å²) in [7, 11) is 1.87. The van der Waals surface area contributed by atoms with Crippen LogP contribution in [-0.2, 0) is 13.6 Å². The molecule has 0 aliphatic rings. The average Bonchev–Trinajstić information content (AvgIpc) is 2.73. The number of anilines is 1. The van der Waals surface area contributed by atoms with E-state index < -0.39 is 5.97 Å². The first kappa shape index (κ1) is 12.1. The molecule has 2 rings (SSSR count). The van der Waals surface area contributed by atoms with Gasteiger partial charge in [-0.15, -0.1) is 10.2 Å². The molecule has 0 fully saturated rings. The molecule has 2 aromatic rings. The zero-order chi connectivity index (χ0) is 13.1. The number of nitrogens with zero attached hydrogens (tertiary/aromatic N) is 3. The summed E-state index contributed by atoms with van der Waals surface area (Å²) in [5.41, 5.74) is 2.07. The summed E-state index contributed by atoms with van der Waals surface area (Å²) in [6.07, 6.45) is 1.64. The Balaban J connectivity index is 2.11. The summed E-state index contributed by atoms with van der Waals surface area (Å²) in [6, 6.07) is 4.98. The summed E-state index contributed by atoms with van der Waals surface area (Å²) in [5, 5.41) is 19.8. The first-order chi connectivity index (χ1) is 8.58. The highest BCUT2D eigenvalue weighted by Crippen LogP contribution is 2.17. The van der Waals surface area contributed by atoms with E-state index in [1.54, 1.807) is 24.5 Å². The van der Waals surface area contributed by atoms with E-state index in [2.05, 4.69) is 15.5 Å². The van der Waals surface area contributed by atoms with Crippen LogP contribution in [0.5, 0.6) is 0 Å². The highest BCUT2D eigenvalue weighted by molar-refractivity contribution is 5.88. The van der Waals surface area contributed by atoms with Crippen molar-refractivity contribution < 1.29 is 9.90 Å². The number of rotatable bonds is 4. The number of carbonyl (C=O) groups is 1. The highest BCUT2D eigenvalue weighted by Gasteiger charge is 2.06. The Kier molecular flexibility index (Phi) is 3.27. The standard InChI is InChI=1S/C12H14N4O2/c1-8-5-9(12(17)18)3-4-10(8)13-6-11-15-14-7-16(11)2/h3-5,7,13H,6H2,1-2H3,(H,17,18). The first-order valence-corrected chi connectivity index (χ1v) is 5.48. The fourth-order valence-electron chi connectivity index (χ4n) is 1.64. The normalized spacial score (nSPS) is 10.3. The van der Waals surface area contributed by atoms with Crippen LogP contribution in [0.15, 0.2) is 24.5 Å². The molecule has 0 saturated heterocycles. The Bertz CT molecular complexity index is 577. The van der Waals surface area contributed by atoms with Crippen LogP contribution < -0.4 is 5.32 Å². The number of aryl methyl sites for hydroxylation is 2. The van der Waals surface area contributed by atoms with Gasteiger partial charge < -0.3 is 15.0 Å². The molecule has 0 unspecified atom stereocenters. The van der Waals surface area contributed by atoms with Gasteiger partial charge in [0.15, 0.2) is 5.82 Å². The minimum absolute atomic E-state index is 0.289. The van der Waals surface area contributed by atoms with E-state index in [0.29, 0.717) is 6.54 Å². The van der Waals surface area contributed by atoms with E-state index >= 15 is 0 Å². The molecule has 0 atom stereocenters. The summed E-state index contributed by atoms with van der Waals surface area (Å²) in [6.45, 7) is 2.41. The number of aromatic nitrogens is 3. The minimum Gasteiger partial charge on any atom is -0.478 e. The second kappa shape index (κ2) is 4.87. The largest absolute Gasteiger partial charge is 0.478 e. The Morgan fingerprint density at radius 3 is 2.83 bits per heavy atom. The number of nitrogens with one attached hydrogen (secondary N) is 1. The number of hydrogen-bond acceptors (Lipinski definition) is 4. The van der Waals surface area contributed by atoms with Gasteiger partial charge in [-0.2, -0.15) is 0 Å². The monoisotopic (exact) mass is 246 g/mol. The molecule has 0 saturated carbocycles. The number of hydrogen-bond donors (Lipinski definition) is 2. The van der Waals surface area contributed by atoms with Crippen LogP contribution in [0, 0.1) is 6.92 Å². The van der Waals surface area contributed by atoms with Crippen molar-refractivity contribution in [2.75, 3.05) is 5.32 Å². The van der Waals surface area contributed by atoms with Crippen molar-refractivity contribution in [2.45, 2.75) is 13.5 Å². The number of carboxylic acid groups (broad SMARTS) is 1. The molecule has 0 amide bonds. The van der Waals surface area contributed by atoms with Crippen LogP contribution in [0.3, 0.4) is 0 Å². The maximum atomic E-state index is 10.8. The molecule has 1 aromatic heterocycles. The van der Waals surface area contributed by atoms with E-state index in [1.165, 1.54) is 0 Å². The molecule has 0 radical (unpaired) electrons. The molecule has 1 aromatic carbocycles. The Morgan fingerprint density at radius 1 is 1.50 bits per heavy atom. The first-order valence-electron chi connectivity index (χ1n) is 5.48. The van der Waals surface area contributed by atoms with Gasteiger partial charge in [0.05, 0.1) is 12.1 Å². The summed E-state index contributed by atoms with van der Waals surface area (Å²) in [5.74, 6) is -0.102. The van der Waals surface area contributed by atoms with Crippen LogP contribution >= 0.6 is 0 Å². The lowest BCUT2D eigenvalue weighted by atomic mass is 10.1. The van der Waals surface area contributed by atoms with E-state index in [1.807, 2.05) is 18.5 Å². The van der Waals surface area contributed by atoms with Crippen molar-refractivity contribution in [3.05, 3.63) is 41.5 Å². The van der Waals surface area contributed by atoms with Crippen LogP contribution in [0.25, 0.3) is 0 Å². The van der Waals surface area contributed by atoms with Gasteiger partial charge in [0, 0.05) is 12.7 Å². The van der Waals surface area contributed by atoms with Crippen LogP contribution in [0.2, 0.25) is 0 Å². The molecule has 6 nitrogen and oxygen atoms in total. The third-order valence-electron chi connectivity index (χ3n) is 2.72. The lowest BCUT2D eigenvalue weighted by Crippen LogP contribution is -2.07. The predicted octanol–water partition coefficient (Wildman–Crippen LogP) is 1.43. The molecule has 6 heteroatoms. The lowest BCUT2D eigenvalue weighted by molar-refractivity contribution is 0.0697. The van der Waals surface area contributed by atoms with E-state index in [9.17, 15) is 4.79 Å². The maximum absolute atomic E-state index is 10.8. The highest BCUT2D eigenvalue weighted by atomic mass is 16.4. The van der Waals surface area contributed by atoms with Gasteiger partial charge in [-0.3, -0.25) is 0 Å². The van der Waals surface area contributed by atoms with E-state index in [0.717, 1.165) is 17.1 Å². The molecule has 0 aliphatic carbocycles. The van der Waals surface area contributed by atoms with E-state index in [4.69, 9.17) is 5.11 Å². The van der Waals surface area contributed by atoms with Gasteiger partial charge in [0.25, 0.3) is 0 Å². The van der Waals surface area contributed by atoms with Gasteiger partial charge in [-0.1, -0.05) is 0 Å². The molecule has 94 valence electrons. The molecule has 2 N–H and O–H groups in total. The molecule has 0 aliphatic heterocycles. The van der Waals surface area contributed by atoms with Crippen molar-refractivity contribution in [2.24, 2.45) is 7.05 Å². The van der Waals surface area contributed by atoms with Crippen LogP contribution in [0.1, 0.15) is 21.7 Å². The average molecular weight is 246 g/mol. The van der Waals surface area contributed by atoms with Crippen molar-refractivity contribution in [1.82, 2.24) is 14.8 Å². The Hall–Kier alpha value is -2.37. The van der Waals surface area contributed by atoms with E-state index in [-0.39, 0.29) is 5.56 Å². The van der Waals surface area contributed by atoms with Gasteiger partial charge in [-0.05, 0) is 30.7 Å². The van der Waals surface area contributed by atoms with Gasteiger partial charge in [0.2, 0.25) is 0 Å². The number of carboxylic acids is 1. The number of aromatic carboxylic acids is 1. The van der Waals surface area contributed by atoms with Crippen molar-refractivity contribution in [3.63, 3.8) is 0 Å². The summed E-state index contributed by atoms with van der Waals surface area (Å²) < 4.78 is 1.83. The molecule has 0 bridgehead atoms. The van der Waals surface area contributed by atoms with Crippen molar-refractivity contribution >= 4 is 11.7 Å². The summed E-state index contributed by atoms with van der Waals surface area (Å²) in [4.78, 5) is 10.8.